The summed E-state index contributed by atoms with van der Waals surface area (Å²) in [6, 6.07) is 7.65. The fourth-order valence-electron chi connectivity index (χ4n) is 5.99. The molecule has 33 heavy (non-hydrogen) atoms. The first-order valence-electron chi connectivity index (χ1n) is 12.6. The molecule has 1 aliphatic heterocycles. The van der Waals surface area contributed by atoms with E-state index in [4.69, 9.17) is 4.74 Å². The molecule has 1 aromatic carbocycles. The predicted molar refractivity (Wildman–Crippen MR) is 129 cm³/mol. The Balaban J connectivity index is 1.40. The van der Waals surface area contributed by atoms with Crippen molar-refractivity contribution in [3.63, 3.8) is 0 Å². The van der Waals surface area contributed by atoms with E-state index in [-0.39, 0.29) is 6.42 Å². The molecule has 1 unspecified atom stereocenters. The van der Waals surface area contributed by atoms with Gasteiger partial charge in [-0.25, -0.2) is 0 Å². The Kier molecular flexibility index (Phi) is 8.20. The second-order valence-corrected chi connectivity index (χ2v) is 10.0. The van der Waals surface area contributed by atoms with Crippen LogP contribution in [0.15, 0.2) is 30.5 Å². The number of fused-ring (bicyclic) bond motifs is 1. The standard InChI is InChI=1S/C27H38N2O4/c1-33-22-8-9-25-24(16-22)23(12-14-28-25)26(30)10-6-20-13-15-29(17-19-4-2-3-5-19)18-21(20)7-11-27(31)32/h8-9,12,14,16,19-21,26,30H,2-7,10-11,13,15,17-18H2,1H3,(H,31,32)/t20-,21+,26?/m1/s1. The van der Waals surface area contributed by atoms with Crippen LogP contribution in [0, 0.1) is 17.8 Å². The average Bonchev–Trinajstić information content (AvgIpc) is 3.34. The molecule has 1 aromatic heterocycles. The molecule has 6 heteroatoms. The fraction of sp³-hybridized carbons (Fsp3) is 0.630. The molecular weight excluding hydrogens is 416 g/mol. The van der Waals surface area contributed by atoms with Crippen LogP contribution in [0.4, 0.5) is 0 Å². The van der Waals surface area contributed by atoms with Crippen LogP contribution in [0.25, 0.3) is 10.9 Å². The lowest BCUT2D eigenvalue weighted by atomic mass is 9.78. The van der Waals surface area contributed by atoms with Crippen LogP contribution in [0.3, 0.4) is 0 Å². The third-order valence-electron chi connectivity index (χ3n) is 7.85. The molecule has 0 bridgehead atoms. The number of aliphatic hydroxyl groups excluding tert-OH is 1. The third kappa shape index (κ3) is 6.24. The minimum absolute atomic E-state index is 0.232. The summed E-state index contributed by atoms with van der Waals surface area (Å²) in [7, 11) is 1.64. The predicted octanol–water partition coefficient (Wildman–Crippen LogP) is 5.05. The number of pyridine rings is 1. The van der Waals surface area contributed by atoms with E-state index in [1.165, 1.54) is 32.2 Å². The first-order valence-corrected chi connectivity index (χ1v) is 12.6. The van der Waals surface area contributed by atoms with E-state index >= 15 is 0 Å². The number of ether oxygens (including phenoxy) is 1. The highest BCUT2D eigenvalue weighted by Crippen LogP contribution is 2.36. The van der Waals surface area contributed by atoms with Crippen LogP contribution in [0.5, 0.6) is 5.75 Å². The van der Waals surface area contributed by atoms with Gasteiger partial charge in [-0.05, 0) is 92.7 Å². The van der Waals surface area contributed by atoms with Crippen molar-refractivity contribution in [3.8, 4) is 5.75 Å². The van der Waals surface area contributed by atoms with Gasteiger partial charge < -0.3 is 19.8 Å². The van der Waals surface area contributed by atoms with E-state index < -0.39 is 12.1 Å². The van der Waals surface area contributed by atoms with Gasteiger partial charge in [-0.1, -0.05) is 12.8 Å². The molecule has 1 saturated carbocycles. The van der Waals surface area contributed by atoms with Gasteiger partial charge in [-0.2, -0.15) is 0 Å². The minimum Gasteiger partial charge on any atom is -0.497 e. The van der Waals surface area contributed by atoms with Crippen molar-refractivity contribution >= 4 is 16.9 Å². The van der Waals surface area contributed by atoms with Gasteiger partial charge in [0.15, 0.2) is 0 Å². The number of hydrogen-bond donors (Lipinski definition) is 2. The average molecular weight is 455 g/mol. The summed E-state index contributed by atoms with van der Waals surface area (Å²) >= 11 is 0. The molecule has 2 fully saturated rings. The zero-order valence-electron chi connectivity index (χ0n) is 19.8. The van der Waals surface area contributed by atoms with E-state index in [0.29, 0.717) is 18.3 Å². The third-order valence-corrected chi connectivity index (χ3v) is 7.85. The summed E-state index contributed by atoms with van der Waals surface area (Å²) < 4.78 is 5.37. The highest BCUT2D eigenvalue weighted by Gasteiger charge is 2.31. The van der Waals surface area contributed by atoms with E-state index in [1.807, 2.05) is 24.3 Å². The summed E-state index contributed by atoms with van der Waals surface area (Å²) in [6.07, 6.45) is 10.2. The second kappa shape index (κ2) is 11.3. The Labute approximate surface area is 197 Å². The van der Waals surface area contributed by atoms with Crippen molar-refractivity contribution in [1.29, 1.82) is 0 Å². The van der Waals surface area contributed by atoms with Gasteiger partial charge in [0, 0.05) is 31.1 Å². The molecule has 1 saturated heterocycles. The number of carbonyl (C=O) groups is 1. The Bertz CT molecular complexity index is 927. The summed E-state index contributed by atoms with van der Waals surface area (Å²) in [5.41, 5.74) is 1.74. The van der Waals surface area contributed by atoms with Crippen molar-refractivity contribution in [1.82, 2.24) is 9.88 Å². The number of hydrogen-bond acceptors (Lipinski definition) is 5. The lowest BCUT2D eigenvalue weighted by Gasteiger charge is -2.40. The molecular formula is C27H38N2O4. The van der Waals surface area contributed by atoms with Crippen LogP contribution >= 0.6 is 0 Å². The van der Waals surface area contributed by atoms with Gasteiger partial charge >= 0.3 is 5.97 Å². The lowest BCUT2D eigenvalue weighted by Crippen LogP contribution is -2.42. The number of aliphatic carboxylic acids is 1. The maximum absolute atomic E-state index is 11.3. The van der Waals surface area contributed by atoms with Gasteiger partial charge in [0.2, 0.25) is 0 Å². The second-order valence-electron chi connectivity index (χ2n) is 10.0. The Morgan fingerprint density at radius 3 is 2.76 bits per heavy atom. The quantitative estimate of drug-likeness (QED) is 0.523. The number of benzene rings is 1. The van der Waals surface area contributed by atoms with Gasteiger partial charge in [-0.15, -0.1) is 0 Å². The van der Waals surface area contributed by atoms with Gasteiger partial charge in [0.1, 0.15) is 5.75 Å². The summed E-state index contributed by atoms with van der Waals surface area (Å²) in [6.45, 7) is 3.26. The van der Waals surface area contributed by atoms with Crippen LogP contribution in [0.2, 0.25) is 0 Å². The number of piperidine rings is 1. The lowest BCUT2D eigenvalue weighted by molar-refractivity contribution is -0.137. The molecule has 180 valence electrons. The number of rotatable bonds is 10. The van der Waals surface area contributed by atoms with Crippen LogP contribution in [-0.4, -0.2) is 52.8 Å². The van der Waals surface area contributed by atoms with E-state index in [2.05, 4.69) is 9.88 Å². The number of aromatic nitrogens is 1. The van der Waals surface area contributed by atoms with Gasteiger partial charge in [-0.3, -0.25) is 9.78 Å². The van der Waals surface area contributed by atoms with E-state index in [0.717, 1.165) is 60.5 Å². The normalized spacial score (nSPS) is 23.1. The molecule has 2 N–H and O–H groups in total. The number of carboxylic acid groups (broad SMARTS) is 1. The van der Waals surface area contributed by atoms with Crippen molar-refractivity contribution in [2.24, 2.45) is 17.8 Å². The highest BCUT2D eigenvalue weighted by atomic mass is 16.5. The highest BCUT2D eigenvalue weighted by molar-refractivity contribution is 5.83. The number of likely N-dealkylation sites (tertiary alicyclic amines) is 1. The van der Waals surface area contributed by atoms with Crippen molar-refractivity contribution < 1.29 is 19.7 Å². The monoisotopic (exact) mass is 454 g/mol. The first-order chi connectivity index (χ1) is 16.0. The molecule has 6 nitrogen and oxygen atoms in total. The molecule has 1 aliphatic carbocycles. The minimum atomic E-state index is -0.709. The maximum Gasteiger partial charge on any atom is 0.303 e. The van der Waals surface area contributed by atoms with Crippen molar-refractivity contribution in [3.05, 3.63) is 36.0 Å². The van der Waals surface area contributed by atoms with E-state index in [1.54, 1.807) is 13.3 Å². The SMILES string of the molecule is COc1ccc2nccc(C(O)CC[C@@H]3CCN(CC4CCCC4)C[C@@H]3CCC(=O)O)c2c1. The zero-order chi connectivity index (χ0) is 23.2. The topological polar surface area (TPSA) is 82.9 Å². The van der Waals surface area contributed by atoms with Gasteiger partial charge in [0.05, 0.1) is 18.7 Å². The number of methoxy groups -OCH3 is 1. The van der Waals surface area contributed by atoms with Crippen LogP contribution < -0.4 is 4.74 Å². The van der Waals surface area contributed by atoms with Crippen LogP contribution in [0.1, 0.15) is 69.5 Å². The summed E-state index contributed by atoms with van der Waals surface area (Å²) in [5, 5.41) is 21.3. The molecule has 0 spiro atoms. The smallest absolute Gasteiger partial charge is 0.303 e. The Morgan fingerprint density at radius 1 is 1.18 bits per heavy atom. The fourth-order valence-corrected chi connectivity index (χ4v) is 5.99. The molecule has 3 atom stereocenters. The van der Waals surface area contributed by atoms with Gasteiger partial charge in [0.25, 0.3) is 0 Å². The van der Waals surface area contributed by atoms with Crippen LogP contribution in [-0.2, 0) is 4.79 Å². The molecule has 2 heterocycles. The summed E-state index contributed by atoms with van der Waals surface area (Å²) in [5.74, 6) is 1.71. The molecule has 2 aromatic rings. The number of carboxylic acids is 1. The molecule has 2 aliphatic rings. The number of aliphatic hydroxyl groups is 1. The van der Waals surface area contributed by atoms with Crippen molar-refractivity contribution in [2.45, 2.75) is 63.9 Å². The maximum atomic E-state index is 11.3. The summed E-state index contributed by atoms with van der Waals surface area (Å²) in [4.78, 5) is 18.3. The van der Waals surface area contributed by atoms with E-state index in [9.17, 15) is 15.0 Å². The Hall–Kier alpha value is -2.18. The molecule has 4 rings (SSSR count). The van der Waals surface area contributed by atoms with Crippen molar-refractivity contribution in [2.75, 3.05) is 26.7 Å². The first kappa shape index (κ1) is 24.0. The Morgan fingerprint density at radius 2 is 2.00 bits per heavy atom. The largest absolute Gasteiger partial charge is 0.497 e. The number of nitrogens with zero attached hydrogens (tertiary/aromatic N) is 2. The zero-order valence-corrected chi connectivity index (χ0v) is 19.8. The molecule has 0 amide bonds. The molecule has 0 radical (unpaired) electrons.